The van der Waals surface area contributed by atoms with Crippen LogP contribution in [-0.2, 0) is 11.3 Å². The van der Waals surface area contributed by atoms with Crippen molar-refractivity contribution >= 4 is 23.4 Å². The quantitative estimate of drug-likeness (QED) is 0.863. The number of rotatable bonds is 3. The molecule has 1 saturated carbocycles. The molecule has 0 spiro atoms. The summed E-state index contributed by atoms with van der Waals surface area (Å²) in [6, 6.07) is 7.06. The SMILES string of the molecule is CC1Sc2ccc(CNC3CC3)cc2NC1=O. The maximum Gasteiger partial charge on any atom is 0.237 e. The number of hydrogen-bond acceptors (Lipinski definition) is 3. The molecule has 1 aromatic rings. The first kappa shape index (κ1) is 11.1. The molecule has 1 amide bonds. The molecule has 0 bridgehead atoms. The fraction of sp³-hybridized carbons (Fsp3) is 0.462. The van der Waals surface area contributed by atoms with Crippen LogP contribution in [0.1, 0.15) is 25.3 Å². The molecule has 2 N–H and O–H groups in total. The van der Waals surface area contributed by atoms with Gasteiger partial charge in [-0.05, 0) is 37.5 Å². The summed E-state index contributed by atoms with van der Waals surface area (Å²) in [7, 11) is 0. The molecule has 0 radical (unpaired) electrons. The number of hydrogen-bond donors (Lipinski definition) is 2. The Balaban J connectivity index is 1.75. The van der Waals surface area contributed by atoms with Gasteiger partial charge in [-0.15, -0.1) is 11.8 Å². The normalized spacial score (nSPS) is 23.1. The molecule has 17 heavy (non-hydrogen) atoms. The fourth-order valence-electron chi connectivity index (χ4n) is 1.92. The number of thioether (sulfide) groups is 1. The number of benzene rings is 1. The molecule has 0 saturated heterocycles. The summed E-state index contributed by atoms with van der Waals surface area (Å²) >= 11 is 1.63. The lowest BCUT2D eigenvalue weighted by Crippen LogP contribution is -2.26. The van der Waals surface area contributed by atoms with E-state index in [0.29, 0.717) is 0 Å². The van der Waals surface area contributed by atoms with Crippen LogP contribution in [0.25, 0.3) is 0 Å². The monoisotopic (exact) mass is 248 g/mol. The number of amides is 1. The van der Waals surface area contributed by atoms with Gasteiger partial charge in [0.25, 0.3) is 0 Å². The third kappa shape index (κ3) is 2.48. The minimum atomic E-state index is 0.0120. The van der Waals surface area contributed by atoms with Crippen molar-refractivity contribution in [2.24, 2.45) is 0 Å². The molecule has 1 fully saturated rings. The van der Waals surface area contributed by atoms with Crippen LogP contribution in [0.4, 0.5) is 5.69 Å². The lowest BCUT2D eigenvalue weighted by Gasteiger charge is -2.21. The van der Waals surface area contributed by atoms with E-state index in [2.05, 4.69) is 28.8 Å². The zero-order chi connectivity index (χ0) is 11.8. The first-order valence-corrected chi connectivity index (χ1v) is 6.94. The third-order valence-corrected chi connectivity index (χ3v) is 4.32. The van der Waals surface area contributed by atoms with Crippen molar-refractivity contribution in [2.75, 3.05) is 5.32 Å². The first-order chi connectivity index (χ1) is 8.22. The van der Waals surface area contributed by atoms with Crippen LogP contribution >= 0.6 is 11.8 Å². The van der Waals surface area contributed by atoms with Crippen molar-refractivity contribution < 1.29 is 4.79 Å². The average Bonchev–Trinajstić information content (AvgIpc) is 3.12. The maximum atomic E-state index is 11.6. The van der Waals surface area contributed by atoms with Crippen LogP contribution in [-0.4, -0.2) is 17.2 Å². The van der Waals surface area contributed by atoms with Crippen LogP contribution in [0, 0.1) is 0 Å². The third-order valence-electron chi connectivity index (χ3n) is 3.15. The lowest BCUT2D eigenvalue weighted by atomic mass is 10.2. The van der Waals surface area contributed by atoms with Gasteiger partial charge in [-0.3, -0.25) is 4.79 Å². The second kappa shape index (κ2) is 4.35. The summed E-state index contributed by atoms with van der Waals surface area (Å²) in [5.41, 5.74) is 2.21. The zero-order valence-electron chi connectivity index (χ0n) is 9.82. The largest absolute Gasteiger partial charge is 0.324 e. The molecule has 1 heterocycles. The molecule has 4 heteroatoms. The van der Waals surface area contributed by atoms with Crippen molar-refractivity contribution in [3.05, 3.63) is 23.8 Å². The maximum absolute atomic E-state index is 11.6. The molecule has 1 atom stereocenters. The molecule has 1 aliphatic heterocycles. The number of fused-ring (bicyclic) bond motifs is 1. The van der Waals surface area contributed by atoms with Crippen LogP contribution in [0.2, 0.25) is 0 Å². The smallest absolute Gasteiger partial charge is 0.237 e. The van der Waals surface area contributed by atoms with Crippen molar-refractivity contribution in [1.29, 1.82) is 0 Å². The summed E-state index contributed by atoms with van der Waals surface area (Å²) in [5, 5.41) is 6.46. The Kier molecular flexibility index (Phi) is 2.84. The molecular formula is C13H16N2OS. The summed E-state index contributed by atoms with van der Waals surface area (Å²) in [4.78, 5) is 12.8. The summed E-state index contributed by atoms with van der Waals surface area (Å²) in [5.74, 6) is 0.106. The van der Waals surface area contributed by atoms with Crippen molar-refractivity contribution in [1.82, 2.24) is 5.32 Å². The number of anilines is 1. The molecule has 1 aromatic carbocycles. The number of carbonyl (C=O) groups excluding carboxylic acids is 1. The van der Waals surface area contributed by atoms with Crippen LogP contribution in [0.15, 0.2) is 23.1 Å². The summed E-state index contributed by atoms with van der Waals surface area (Å²) < 4.78 is 0. The predicted octanol–water partition coefficient (Wildman–Crippen LogP) is 2.37. The molecule has 1 aliphatic carbocycles. The van der Waals surface area contributed by atoms with E-state index in [1.54, 1.807) is 11.8 Å². The minimum Gasteiger partial charge on any atom is -0.324 e. The van der Waals surface area contributed by atoms with Crippen molar-refractivity contribution in [2.45, 2.75) is 42.5 Å². The minimum absolute atomic E-state index is 0.0120. The Hall–Kier alpha value is -1.00. The first-order valence-electron chi connectivity index (χ1n) is 6.06. The second-order valence-corrected chi connectivity index (χ2v) is 6.12. The van der Waals surface area contributed by atoms with E-state index in [0.717, 1.165) is 18.3 Å². The van der Waals surface area contributed by atoms with E-state index in [1.165, 1.54) is 23.3 Å². The van der Waals surface area contributed by atoms with Gasteiger partial charge in [-0.1, -0.05) is 6.07 Å². The highest BCUT2D eigenvalue weighted by atomic mass is 32.2. The average molecular weight is 248 g/mol. The van der Waals surface area contributed by atoms with E-state index in [9.17, 15) is 4.79 Å². The molecule has 1 unspecified atom stereocenters. The van der Waals surface area contributed by atoms with Gasteiger partial charge in [-0.2, -0.15) is 0 Å². The summed E-state index contributed by atoms with van der Waals surface area (Å²) in [6.45, 7) is 2.83. The highest BCUT2D eigenvalue weighted by molar-refractivity contribution is 8.00. The van der Waals surface area contributed by atoms with Crippen LogP contribution in [0.3, 0.4) is 0 Å². The molecular weight excluding hydrogens is 232 g/mol. The topological polar surface area (TPSA) is 41.1 Å². The molecule has 90 valence electrons. The Morgan fingerprint density at radius 2 is 2.29 bits per heavy atom. The van der Waals surface area contributed by atoms with Crippen LogP contribution in [0.5, 0.6) is 0 Å². The van der Waals surface area contributed by atoms with Crippen molar-refractivity contribution in [3.63, 3.8) is 0 Å². The van der Waals surface area contributed by atoms with Gasteiger partial charge in [0.15, 0.2) is 0 Å². The van der Waals surface area contributed by atoms with E-state index in [1.807, 2.05) is 6.92 Å². The number of nitrogens with one attached hydrogen (secondary N) is 2. The molecule has 3 nitrogen and oxygen atoms in total. The molecule has 0 aromatic heterocycles. The Bertz CT molecular complexity index is 457. The van der Waals surface area contributed by atoms with E-state index < -0.39 is 0 Å². The number of carbonyl (C=O) groups is 1. The van der Waals surface area contributed by atoms with E-state index in [4.69, 9.17) is 0 Å². The molecule has 2 aliphatic rings. The lowest BCUT2D eigenvalue weighted by molar-refractivity contribution is -0.115. The zero-order valence-corrected chi connectivity index (χ0v) is 10.6. The van der Waals surface area contributed by atoms with Crippen LogP contribution < -0.4 is 10.6 Å². The van der Waals surface area contributed by atoms with Gasteiger partial charge in [0, 0.05) is 17.5 Å². The Morgan fingerprint density at radius 1 is 1.47 bits per heavy atom. The highest BCUT2D eigenvalue weighted by Crippen LogP contribution is 2.36. The van der Waals surface area contributed by atoms with Gasteiger partial charge < -0.3 is 10.6 Å². The fourth-order valence-corrected chi connectivity index (χ4v) is 2.85. The van der Waals surface area contributed by atoms with Gasteiger partial charge in [0.1, 0.15) is 0 Å². The van der Waals surface area contributed by atoms with Crippen molar-refractivity contribution in [3.8, 4) is 0 Å². The predicted molar refractivity (Wildman–Crippen MR) is 70.3 cm³/mol. The standard InChI is InChI=1S/C13H16N2OS/c1-8-13(16)15-11-6-9(2-5-12(11)17-8)7-14-10-3-4-10/h2,5-6,8,10,14H,3-4,7H2,1H3,(H,15,16). The van der Waals surface area contributed by atoms with Gasteiger partial charge in [0.05, 0.1) is 10.9 Å². The Morgan fingerprint density at radius 3 is 3.06 bits per heavy atom. The second-order valence-electron chi connectivity index (χ2n) is 4.74. The highest BCUT2D eigenvalue weighted by Gasteiger charge is 2.23. The van der Waals surface area contributed by atoms with Gasteiger partial charge in [0.2, 0.25) is 5.91 Å². The van der Waals surface area contributed by atoms with E-state index >= 15 is 0 Å². The van der Waals surface area contributed by atoms with Gasteiger partial charge >= 0.3 is 0 Å². The molecule has 3 rings (SSSR count). The van der Waals surface area contributed by atoms with E-state index in [-0.39, 0.29) is 11.2 Å². The van der Waals surface area contributed by atoms with Gasteiger partial charge in [-0.25, -0.2) is 0 Å². The summed E-state index contributed by atoms with van der Waals surface area (Å²) in [6.07, 6.45) is 2.60. The Labute approximate surface area is 105 Å².